The number of amides is 3. The Morgan fingerprint density at radius 3 is 1.45 bits per heavy atom. The molecule has 0 saturated heterocycles. The first kappa shape index (κ1) is 67.8. The highest BCUT2D eigenvalue weighted by molar-refractivity contribution is 7.89. The molecule has 17 heteroatoms. The zero-order chi connectivity index (χ0) is 54.2. The van der Waals surface area contributed by atoms with Crippen LogP contribution in [-0.2, 0) is 39.2 Å². The number of ether oxygens (including phenoxy) is 2. The molecule has 0 unspecified atom stereocenters. The number of nitrogens with one attached hydrogen (secondary N) is 4. The average molecular weight is 1050 g/mol. The van der Waals surface area contributed by atoms with E-state index in [-0.39, 0.29) is 54.8 Å². The topological polar surface area (TPSA) is 201 Å². The molecule has 6 N–H and O–H groups in total. The van der Waals surface area contributed by atoms with Crippen LogP contribution in [0.1, 0.15) is 139 Å². The molecule has 73 heavy (non-hydrogen) atoms. The summed E-state index contributed by atoms with van der Waals surface area (Å²) >= 11 is 0. The number of nitrogens with zero attached hydrogens (tertiary/aromatic N) is 2. The normalized spacial score (nSPS) is 10.8. The largest absolute Gasteiger partial charge is 0.497 e. The molecule has 408 valence electrons. The maximum absolute atomic E-state index is 13.1. The Morgan fingerprint density at radius 1 is 0.671 bits per heavy atom. The van der Waals surface area contributed by atoms with Crippen molar-refractivity contribution < 1.29 is 37.1 Å². The molecular weight excluding hydrogens is 966 g/mol. The van der Waals surface area contributed by atoms with Crippen LogP contribution in [0.15, 0.2) is 89.8 Å². The second-order valence-corrected chi connectivity index (χ2v) is 19.5. The summed E-state index contributed by atoms with van der Waals surface area (Å²) in [5, 5.41) is 12.2. The summed E-state index contributed by atoms with van der Waals surface area (Å²) in [6, 6.07) is 27.4. The molecule has 0 atom stereocenters. The summed E-state index contributed by atoms with van der Waals surface area (Å²) in [6.07, 6.45) is 7.47. The van der Waals surface area contributed by atoms with E-state index in [4.69, 9.17) is 15.2 Å². The van der Waals surface area contributed by atoms with E-state index in [0.717, 1.165) is 63.5 Å². The third-order valence-corrected chi connectivity index (χ3v) is 14.3. The van der Waals surface area contributed by atoms with Gasteiger partial charge in [0, 0.05) is 89.2 Å². The molecule has 15 nitrogen and oxygen atoms in total. The summed E-state index contributed by atoms with van der Waals surface area (Å²) in [6.45, 7) is 18.8. The van der Waals surface area contributed by atoms with Gasteiger partial charge in [0.25, 0.3) is 11.8 Å². The monoisotopic (exact) mass is 1050 g/mol. The van der Waals surface area contributed by atoms with Crippen molar-refractivity contribution in [3.63, 3.8) is 0 Å². The van der Waals surface area contributed by atoms with Gasteiger partial charge in [0.2, 0.25) is 15.9 Å². The number of aldehydes is 1. The first-order chi connectivity index (χ1) is 34.3. The molecule has 0 aliphatic heterocycles. The van der Waals surface area contributed by atoms with E-state index in [1.54, 1.807) is 83.4 Å². The average Bonchev–Trinajstić information content (AvgIpc) is 3.40. The van der Waals surface area contributed by atoms with E-state index >= 15 is 0 Å². The van der Waals surface area contributed by atoms with Gasteiger partial charge in [-0.2, -0.15) is 4.31 Å². The number of aryl methyl sites for hydroxylation is 2. The van der Waals surface area contributed by atoms with Crippen LogP contribution in [0.5, 0.6) is 5.75 Å². The van der Waals surface area contributed by atoms with Gasteiger partial charge < -0.3 is 41.4 Å². The van der Waals surface area contributed by atoms with Crippen molar-refractivity contribution >= 4 is 46.4 Å². The van der Waals surface area contributed by atoms with Crippen LogP contribution in [0.25, 0.3) is 0 Å². The quantitative estimate of drug-likeness (QED) is 0.0314. The summed E-state index contributed by atoms with van der Waals surface area (Å²) in [7, 11) is 4.31. The molecule has 0 fully saturated rings. The fourth-order valence-corrected chi connectivity index (χ4v) is 8.60. The molecule has 0 aromatic heterocycles. The number of likely N-dealkylation sites (N-methyl/N-ethyl adjacent to an activating group) is 2. The molecular formula is C56H88ClN7O8S. The second-order valence-electron chi connectivity index (χ2n) is 17.5. The minimum Gasteiger partial charge on any atom is -0.497 e. The summed E-state index contributed by atoms with van der Waals surface area (Å²) < 4.78 is 38.2. The predicted molar refractivity (Wildman–Crippen MR) is 299 cm³/mol. The Kier molecular flexibility index (Phi) is 34.8. The number of rotatable bonds is 25. The first-order valence-corrected chi connectivity index (χ1v) is 26.6. The molecule has 3 amide bonds. The number of methoxy groups -OCH3 is 1. The van der Waals surface area contributed by atoms with Crippen molar-refractivity contribution in [3.05, 3.63) is 129 Å². The third-order valence-electron chi connectivity index (χ3n) is 12.2. The van der Waals surface area contributed by atoms with Gasteiger partial charge in [0.05, 0.1) is 18.6 Å². The van der Waals surface area contributed by atoms with Crippen molar-refractivity contribution in [1.82, 2.24) is 30.5 Å². The highest BCUT2D eigenvalue weighted by Crippen LogP contribution is 2.27. The molecule has 0 spiro atoms. The van der Waals surface area contributed by atoms with Gasteiger partial charge >= 0.3 is 0 Å². The van der Waals surface area contributed by atoms with E-state index in [1.807, 2.05) is 36.4 Å². The van der Waals surface area contributed by atoms with Crippen molar-refractivity contribution in [1.29, 1.82) is 0 Å². The molecule has 0 heterocycles. The summed E-state index contributed by atoms with van der Waals surface area (Å²) in [4.78, 5) is 47.0. The smallest absolute Gasteiger partial charge is 0.251 e. The van der Waals surface area contributed by atoms with Gasteiger partial charge in [0.1, 0.15) is 18.6 Å². The molecule has 4 aromatic rings. The standard InChI is InChI=1S/C28H43N3O5S.C14H22N2O.C9H9NO2.C5H13N.ClH/c1-8-25(9-2)29-18-23-10-12-24(13-11-23)19-30(5)27(32)20-36-15-14-31(6)37(33,34)28-21(3)16-26(35-7)17-22(28)4;1-4-13(5-2)16-10-11-6-8-12(9-7-11)14(17)15-3;1-10-9(12)8-4-2-7(6-11)3-5-8;1-3-5(6)4-2;/h10-13,16-17,25,29H,8-9,14-15,18-20H2,1-7H3;6-9,13,16H,4-5,10H2,1-3H3,(H,15,17);2-6H,1H3,(H,10,12);5H,3-4,6H2,1-2H3;1H. The minimum absolute atomic E-state index is 0. The van der Waals surface area contributed by atoms with Crippen LogP contribution < -0.4 is 31.7 Å². The number of benzene rings is 4. The number of hydrogen-bond acceptors (Lipinski definition) is 11. The van der Waals surface area contributed by atoms with Gasteiger partial charge in [0.15, 0.2) is 0 Å². The molecule has 0 radical (unpaired) electrons. The predicted octanol–water partition coefficient (Wildman–Crippen LogP) is 8.62. The minimum atomic E-state index is -3.70. The van der Waals surface area contributed by atoms with Crippen molar-refractivity contribution in [3.8, 4) is 5.75 Å². The zero-order valence-electron chi connectivity index (χ0n) is 45.9. The maximum Gasteiger partial charge on any atom is 0.251 e. The Balaban J connectivity index is 0.00000117. The lowest BCUT2D eigenvalue weighted by Gasteiger charge is -2.21. The lowest BCUT2D eigenvalue weighted by Crippen LogP contribution is -2.33. The number of hydrogen-bond donors (Lipinski definition) is 5. The lowest BCUT2D eigenvalue weighted by atomic mass is 10.1. The maximum atomic E-state index is 13.1. The second kappa shape index (κ2) is 37.5. The fourth-order valence-electron chi connectivity index (χ4n) is 7.04. The van der Waals surface area contributed by atoms with E-state index in [0.29, 0.717) is 58.2 Å². The SMILES string of the molecule is CCC(CC)NCc1ccc(C(=O)NC)cc1.CCC(CC)NCc1ccc(CN(C)C(=O)COCCN(C)S(=O)(=O)c2c(C)cc(OC)cc2C)cc1.CCC(N)CC.CNC(=O)c1ccc(C=O)cc1.Cl. The number of sulfonamides is 1. The van der Waals surface area contributed by atoms with Crippen molar-refractivity contribution in [2.24, 2.45) is 5.73 Å². The van der Waals surface area contributed by atoms with Crippen molar-refractivity contribution in [2.45, 2.75) is 137 Å². The van der Waals surface area contributed by atoms with Gasteiger partial charge in [-0.15, -0.1) is 12.4 Å². The number of carbonyl (C=O) groups is 4. The van der Waals surface area contributed by atoms with E-state index in [1.165, 1.54) is 22.5 Å². The van der Waals surface area contributed by atoms with Gasteiger partial charge in [-0.3, -0.25) is 19.2 Å². The van der Waals surface area contributed by atoms with E-state index in [9.17, 15) is 27.6 Å². The zero-order valence-corrected chi connectivity index (χ0v) is 47.6. The van der Waals surface area contributed by atoms with Crippen molar-refractivity contribution in [2.75, 3.05) is 55.1 Å². The Morgan fingerprint density at radius 2 is 1.08 bits per heavy atom. The Labute approximate surface area is 444 Å². The highest BCUT2D eigenvalue weighted by atomic mass is 35.5. The highest BCUT2D eigenvalue weighted by Gasteiger charge is 2.25. The van der Waals surface area contributed by atoms with Gasteiger partial charge in [-0.1, -0.05) is 90.1 Å². The van der Waals surface area contributed by atoms with Gasteiger partial charge in [-0.25, -0.2) is 8.42 Å². The van der Waals surface area contributed by atoms with Crippen LogP contribution >= 0.6 is 12.4 Å². The van der Waals surface area contributed by atoms with Gasteiger partial charge in [-0.05, 0) is 117 Å². The summed E-state index contributed by atoms with van der Waals surface area (Å²) in [5.41, 5.74) is 12.0. The lowest BCUT2D eigenvalue weighted by molar-refractivity contribution is -0.135. The summed E-state index contributed by atoms with van der Waals surface area (Å²) in [5.74, 6) is 0.274. The fraction of sp³-hybridized carbons (Fsp3) is 0.500. The third kappa shape index (κ3) is 25.1. The number of carbonyl (C=O) groups excluding carboxylic acids is 4. The molecule has 0 aliphatic rings. The van der Waals surface area contributed by atoms with Crippen LogP contribution in [-0.4, -0.2) is 115 Å². The molecule has 0 bridgehead atoms. The first-order valence-electron chi connectivity index (χ1n) is 25.1. The molecule has 0 aliphatic carbocycles. The van der Waals surface area contributed by atoms with Crippen LogP contribution in [0.2, 0.25) is 0 Å². The number of halogens is 1. The molecule has 4 rings (SSSR count). The van der Waals surface area contributed by atoms with E-state index in [2.05, 4.69) is 74.9 Å². The van der Waals surface area contributed by atoms with Crippen LogP contribution in [0.3, 0.4) is 0 Å². The number of nitrogens with two attached hydrogens (primary N) is 1. The Bertz CT molecular complexity index is 2270. The van der Waals surface area contributed by atoms with Crippen LogP contribution in [0, 0.1) is 13.8 Å². The molecule has 4 aromatic carbocycles. The Hall–Kier alpha value is -5.20. The molecule has 0 saturated carbocycles. The van der Waals surface area contributed by atoms with Crippen LogP contribution in [0.4, 0.5) is 0 Å². The van der Waals surface area contributed by atoms with E-state index < -0.39 is 10.0 Å².